The molecule has 18 heavy (non-hydrogen) atoms. The van der Waals surface area contributed by atoms with Crippen molar-refractivity contribution in [2.45, 2.75) is 32.2 Å². The molecule has 1 saturated heterocycles. The van der Waals surface area contributed by atoms with Gasteiger partial charge in [-0.1, -0.05) is 0 Å². The summed E-state index contributed by atoms with van der Waals surface area (Å²) in [7, 11) is 0. The van der Waals surface area contributed by atoms with Crippen LogP contribution < -0.4 is 4.90 Å². The number of esters is 1. The highest BCUT2D eigenvalue weighted by Crippen LogP contribution is 2.28. The topological polar surface area (TPSA) is 49.8 Å². The van der Waals surface area contributed by atoms with Crippen LogP contribution in [0.25, 0.3) is 0 Å². The fraction of sp³-hybridized carbons (Fsp3) is 0.500. The Morgan fingerprint density at radius 3 is 2.83 bits per heavy atom. The van der Waals surface area contributed by atoms with Gasteiger partial charge < -0.3 is 14.7 Å². The number of hydrogen-bond acceptors (Lipinski definition) is 4. The van der Waals surface area contributed by atoms with E-state index in [-0.39, 0.29) is 17.8 Å². The molecule has 1 heterocycles. The Morgan fingerprint density at radius 1 is 1.44 bits per heavy atom. The van der Waals surface area contributed by atoms with Crippen molar-refractivity contribution in [2.75, 3.05) is 18.1 Å². The number of phenols is 1. The molecule has 1 aromatic rings. The molecular weight excluding hydrogens is 230 g/mol. The van der Waals surface area contributed by atoms with Crippen LogP contribution in [0.4, 0.5) is 5.69 Å². The van der Waals surface area contributed by atoms with Crippen molar-refractivity contribution >= 4 is 11.7 Å². The summed E-state index contributed by atoms with van der Waals surface area (Å²) in [5.74, 6) is 0.132. The van der Waals surface area contributed by atoms with Gasteiger partial charge in [0.25, 0.3) is 0 Å². The van der Waals surface area contributed by atoms with Crippen LogP contribution >= 0.6 is 0 Å². The van der Waals surface area contributed by atoms with Gasteiger partial charge in [-0.3, -0.25) is 4.79 Å². The van der Waals surface area contributed by atoms with Crippen molar-refractivity contribution in [1.82, 2.24) is 0 Å². The van der Waals surface area contributed by atoms with Crippen molar-refractivity contribution in [3.05, 3.63) is 24.3 Å². The third-order valence-electron chi connectivity index (χ3n) is 3.27. The zero-order valence-corrected chi connectivity index (χ0v) is 10.6. The van der Waals surface area contributed by atoms with Gasteiger partial charge >= 0.3 is 5.97 Å². The number of anilines is 1. The molecule has 1 N–H and O–H groups in total. The SMILES string of the molecule is CCOC(=O)C[C@H]1CCCN1c1ccc(O)cc1. The Labute approximate surface area is 107 Å². The van der Waals surface area contributed by atoms with Crippen molar-refractivity contribution in [3.8, 4) is 5.75 Å². The van der Waals surface area contributed by atoms with E-state index in [9.17, 15) is 9.90 Å². The van der Waals surface area contributed by atoms with Crippen LogP contribution in [-0.4, -0.2) is 30.3 Å². The first-order valence-corrected chi connectivity index (χ1v) is 6.42. The van der Waals surface area contributed by atoms with Gasteiger partial charge in [0.05, 0.1) is 13.0 Å². The molecule has 0 radical (unpaired) electrons. The second-order valence-electron chi connectivity index (χ2n) is 4.51. The second-order valence-corrected chi connectivity index (χ2v) is 4.51. The normalized spacial score (nSPS) is 18.9. The number of nitrogens with zero attached hydrogens (tertiary/aromatic N) is 1. The molecule has 4 nitrogen and oxygen atoms in total. The van der Waals surface area contributed by atoms with Crippen molar-refractivity contribution in [2.24, 2.45) is 0 Å². The van der Waals surface area contributed by atoms with Crippen LogP contribution in [0.3, 0.4) is 0 Å². The summed E-state index contributed by atoms with van der Waals surface area (Å²) in [6, 6.07) is 7.34. The summed E-state index contributed by atoms with van der Waals surface area (Å²) >= 11 is 0. The zero-order valence-electron chi connectivity index (χ0n) is 10.6. The Kier molecular flexibility index (Phi) is 4.07. The second kappa shape index (κ2) is 5.76. The molecule has 1 atom stereocenters. The van der Waals surface area contributed by atoms with Gasteiger partial charge in [0.1, 0.15) is 5.75 Å². The van der Waals surface area contributed by atoms with E-state index in [1.807, 2.05) is 19.1 Å². The van der Waals surface area contributed by atoms with Crippen LogP contribution in [-0.2, 0) is 9.53 Å². The monoisotopic (exact) mass is 249 g/mol. The molecule has 0 aromatic heterocycles. The largest absolute Gasteiger partial charge is 0.508 e. The fourth-order valence-corrected chi connectivity index (χ4v) is 2.44. The van der Waals surface area contributed by atoms with E-state index in [1.54, 1.807) is 12.1 Å². The Morgan fingerprint density at radius 2 is 2.17 bits per heavy atom. The summed E-state index contributed by atoms with van der Waals surface area (Å²) in [5, 5.41) is 9.29. The summed E-state index contributed by atoms with van der Waals surface area (Å²) in [6.07, 6.45) is 2.54. The minimum absolute atomic E-state index is 0.131. The minimum atomic E-state index is -0.131. The highest BCUT2D eigenvalue weighted by Gasteiger charge is 2.27. The fourth-order valence-electron chi connectivity index (χ4n) is 2.44. The lowest BCUT2D eigenvalue weighted by molar-refractivity contribution is -0.143. The van der Waals surface area contributed by atoms with Gasteiger partial charge in [-0.2, -0.15) is 0 Å². The third-order valence-corrected chi connectivity index (χ3v) is 3.27. The molecule has 0 spiro atoms. The van der Waals surface area contributed by atoms with E-state index in [4.69, 9.17) is 4.74 Å². The molecular formula is C14H19NO3. The number of ether oxygens (including phenoxy) is 1. The average Bonchev–Trinajstić information content (AvgIpc) is 2.78. The number of rotatable bonds is 4. The molecule has 98 valence electrons. The number of hydrogen-bond donors (Lipinski definition) is 1. The van der Waals surface area contributed by atoms with Crippen LogP contribution in [0.15, 0.2) is 24.3 Å². The predicted octanol–water partition coefficient (Wildman–Crippen LogP) is 2.31. The molecule has 0 saturated carbocycles. The Hall–Kier alpha value is -1.71. The van der Waals surface area contributed by atoms with E-state index >= 15 is 0 Å². The molecule has 0 aliphatic carbocycles. The van der Waals surface area contributed by atoms with Gasteiger partial charge in [0, 0.05) is 18.3 Å². The van der Waals surface area contributed by atoms with Gasteiger partial charge in [-0.25, -0.2) is 0 Å². The summed E-state index contributed by atoms with van der Waals surface area (Å²) in [5.41, 5.74) is 1.06. The highest BCUT2D eigenvalue weighted by molar-refractivity contribution is 5.71. The molecule has 4 heteroatoms. The summed E-state index contributed by atoms with van der Waals surface area (Å²) < 4.78 is 5.00. The smallest absolute Gasteiger partial charge is 0.307 e. The molecule has 1 fully saturated rings. The van der Waals surface area contributed by atoms with E-state index < -0.39 is 0 Å². The zero-order chi connectivity index (χ0) is 13.0. The standard InChI is InChI=1S/C14H19NO3/c1-2-18-14(17)10-12-4-3-9-15(12)11-5-7-13(16)8-6-11/h5-8,12,16H,2-4,9-10H2,1H3/t12-/m1/s1. The first-order valence-electron chi connectivity index (χ1n) is 6.42. The van der Waals surface area contributed by atoms with Crippen molar-refractivity contribution in [3.63, 3.8) is 0 Å². The van der Waals surface area contributed by atoms with E-state index in [0.717, 1.165) is 25.1 Å². The number of aromatic hydroxyl groups is 1. The lowest BCUT2D eigenvalue weighted by atomic mass is 10.1. The molecule has 0 unspecified atom stereocenters. The number of carbonyl (C=O) groups excluding carboxylic acids is 1. The van der Waals surface area contributed by atoms with Crippen LogP contribution in [0.5, 0.6) is 5.75 Å². The quantitative estimate of drug-likeness (QED) is 0.832. The molecule has 0 bridgehead atoms. The van der Waals surface area contributed by atoms with Gasteiger partial charge in [0.2, 0.25) is 0 Å². The Balaban J connectivity index is 2.03. The van der Waals surface area contributed by atoms with E-state index in [0.29, 0.717) is 13.0 Å². The molecule has 2 rings (SSSR count). The molecule has 0 amide bonds. The van der Waals surface area contributed by atoms with Gasteiger partial charge in [-0.15, -0.1) is 0 Å². The van der Waals surface area contributed by atoms with Crippen molar-refractivity contribution in [1.29, 1.82) is 0 Å². The van der Waals surface area contributed by atoms with Crippen LogP contribution in [0, 0.1) is 0 Å². The molecule has 1 aliphatic rings. The minimum Gasteiger partial charge on any atom is -0.508 e. The maximum absolute atomic E-state index is 11.5. The highest BCUT2D eigenvalue weighted by atomic mass is 16.5. The summed E-state index contributed by atoms with van der Waals surface area (Å²) in [6.45, 7) is 3.21. The first kappa shape index (κ1) is 12.7. The first-order chi connectivity index (χ1) is 8.70. The summed E-state index contributed by atoms with van der Waals surface area (Å²) in [4.78, 5) is 13.8. The lowest BCUT2D eigenvalue weighted by Crippen LogP contribution is -2.31. The number of benzene rings is 1. The van der Waals surface area contributed by atoms with Crippen LogP contribution in [0.1, 0.15) is 26.2 Å². The number of phenolic OH excluding ortho intramolecular Hbond substituents is 1. The molecule has 1 aliphatic heterocycles. The molecule has 1 aromatic carbocycles. The maximum Gasteiger partial charge on any atom is 0.307 e. The Bertz CT molecular complexity index is 402. The van der Waals surface area contributed by atoms with E-state index in [2.05, 4.69) is 4.90 Å². The van der Waals surface area contributed by atoms with Crippen molar-refractivity contribution < 1.29 is 14.6 Å². The average molecular weight is 249 g/mol. The predicted molar refractivity (Wildman–Crippen MR) is 69.7 cm³/mol. The van der Waals surface area contributed by atoms with Crippen LogP contribution in [0.2, 0.25) is 0 Å². The van der Waals surface area contributed by atoms with E-state index in [1.165, 1.54) is 0 Å². The maximum atomic E-state index is 11.5. The third kappa shape index (κ3) is 2.94. The number of carbonyl (C=O) groups is 1. The van der Waals surface area contributed by atoms with Gasteiger partial charge in [0.15, 0.2) is 0 Å². The lowest BCUT2D eigenvalue weighted by Gasteiger charge is -2.26. The van der Waals surface area contributed by atoms with Gasteiger partial charge in [-0.05, 0) is 44.0 Å².